The zero-order valence-corrected chi connectivity index (χ0v) is 13.0. The summed E-state index contributed by atoms with van der Waals surface area (Å²) < 4.78 is 8.44. The standard InChI is InChI=1S/C15H17BrN2O2/c1-11-15(16)12-4-2-3-5-13(12)18(11)10-14(19)17-6-8-20-9-7-17/h2-5H,6-10H2,1H3. The van der Waals surface area contributed by atoms with E-state index < -0.39 is 0 Å². The van der Waals surface area contributed by atoms with Gasteiger partial charge in [-0.2, -0.15) is 0 Å². The highest BCUT2D eigenvalue weighted by atomic mass is 79.9. The van der Waals surface area contributed by atoms with Crippen molar-refractivity contribution >= 4 is 32.7 Å². The Bertz CT molecular complexity index is 645. The molecule has 3 rings (SSSR count). The van der Waals surface area contributed by atoms with Crippen molar-refractivity contribution in [2.24, 2.45) is 0 Å². The number of nitrogens with zero attached hydrogens (tertiary/aromatic N) is 2. The van der Waals surface area contributed by atoms with Gasteiger partial charge < -0.3 is 14.2 Å². The highest BCUT2D eigenvalue weighted by Crippen LogP contribution is 2.30. The average molecular weight is 337 g/mol. The third-order valence-corrected chi connectivity index (χ3v) is 4.81. The predicted molar refractivity (Wildman–Crippen MR) is 81.8 cm³/mol. The predicted octanol–water partition coefficient (Wildman–Crippen LogP) is 2.57. The zero-order chi connectivity index (χ0) is 14.1. The molecular weight excluding hydrogens is 320 g/mol. The van der Waals surface area contributed by atoms with Crippen LogP contribution in [0.3, 0.4) is 0 Å². The third-order valence-electron chi connectivity index (χ3n) is 3.81. The number of morpholine rings is 1. The molecule has 1 fully saturated rings. The molecule has 0 saturated carbocycles. The Morgan fingerprint density at radius 3 is 2.75 bits per heavy atom. The number of carbonyl (C=O) groups excluding carboxylic acids is 1. The molecule has 106 valence electrons. The highest BCUT2D eigenvalue weighted by Gasteiger charge is 2.19. The van der Waals surface area contributed by atoms with E-state index in [0.29, 0.717) is 32.8 Å². The molecule has 0 atom stereocenters. The Kier molecular flexibility index (Phi) is 3.81. The van der Waals surface area contributed by atoms with Crippen LogP contribution in [0.25, 0.3) is 10.9 Å². The number of rotatable bonds is 2. The highest BCUT2D eigenvalue weighted by molar-refractivity contribution is 9.10. The van der Waals surface area contributed by atoms with Crippen LogP contribution in [0, 0.1) is 6.92 Å². The van der Waals surface area contributed by atoms with Crippen LogP contribution >= 0.6 is 15.9 Å². The number of benzene rings is 1. The van der Waals surface area contributed by atoms with E-state index in [1.165, 1.54) is 0 Å². The van der Waals surface area contributed by atoms with Crippen LogP contribution in [-0.2, 0) is 16.1 Å². The first kappa shape index (κ1) is 13.6. The summed E-state index contributed by atoms with van der Waals surface area (Å²) in [5, 5.41) is 1.15. The first-order valence-electron chi connectivity index (χ1n) is 6.77. The Balaban J connectivity index is 1.90. The van der Waals surface area contributed by atoms with Crippen molar-refractivity contribution in [3.8, 4) is 0 Å². The molecule has 1 aromatic heterocycles. The first-order valence-corrected chi connectivity index (χ1v) is 7.56. The molecule has 1 saturated heterocycles. The summed E-state index contributed by atoms with van der Waals surface area (Å²) in [6.45, 7) is 5.09. The van der Waals surface area contributed by atoms with Gasteiger partial charge in [-0.3, -0.25) is 4.79 Å². The molecule has 1 amide bonds. The zero-order valence-electron chi connectivity index (χ0n) is 11.4. The van der Waals surface area contributed by atoms with Crippen molar-refractivity contribution in [2.45, 2.75) is 13.5 Å². The molecule has 5 heteroatoms. The summed E-state index contributed by atoms with van der Waals surface area (Å²) in [7, 11) is 0. The van der Waals surface area contributed by atoms with Crippen LogP contribution in [0.4, 0.5) is 0 Å². The van der Waals surface area contributed by atoms with Crippen molar-refractivity contribution in [1.82, 2.24) is 9.47 Å². The van der Waals surface area contributed by atoms with Gasteiger partial charge in [-0.15, -0.1) is 0 Å². The minimum Gasteiger partial charge on any atom is -0.378 e. The smallest absolute Gasteiger partial charge is 0.242 e. The van der Waals surface area contributed by atoms with E-state index in [2.05, 4.69) is 32.6 Å². The topological polar surface area (TPSA) is 34.5 Å². The van der Waals surface area contributed by atoms with Crippen LogP contribution in [0.5, 0.6) is 0 Å². The summed E-state index contributed by atoms with van der Waals surface area (Å²) in [6, 6.07) is 8.15. The Hall–Kier alpha value is -1.33. The summed E-state index contributed by atoms with van der Waals surface area (Å²) in [5.74, 6) is 0.157. The van der Waals surface area contributed by atoms with E-state index in [-0.39, 0.29) is 5.91 Å². The number of halogens is 1. The lowest BCUT2D eigenvalue weighted by Crippen LogP contribution is -2.42. The van der Waals surface area contributed by atoms with Crippen LogP contribution < -0.4 is 0 Å². The maximum atomic E-state index is 12.4. The first-order chi connectivity index (χ1) is 9.68. The fraction of sp³-hybridized carbons (Fsp3) is 0.400. The van der Waals surface area contributed by atoms with Crippen molar-refractivity contribution in [3.05, 3.63) is 34.4 Å². The molecule has 2 heterocycles. The molecule has 20 heavy (non-hydrogen) atoms. The fourth-order valence-electron chi connectivity index (χ4n) is 2.64. The van der Waals surface area contributed by atoms with Gasteiger partial charge in [0.2, 0.25) is 5.91 Å². The maximum Gasteiger partial charge on any atom is 0.242 e. The van der Waals surface area contributed by atoms with Crippen LogP contribution in [-0.4, -0.2) is 41.7 Å². The van der Waals surface area contributed by atoms with E-state index >= 15 is 0 Å². The van der Waals surface area contributed by atoms with Crippen LogP contribution in [0.1, 0.15) is 5.69 Å². The summed E-state index contributed by atoms with van der Waals surface area (Å²) in [5.41, 5.74) is 2.19. The van der Waals surface area contributed by atoms with Crippen LogP contribution in [0.2, 0.25) is 0 Å². The molecule has 0 radical (unpaired) electrons. The van der Waals surface area contributed by atoms with Gasteiger partial charge in [-0.05, 0) is 28.9 Å². The molecule has 1 aliphatic rings. The lowest BCUT2D eigenvalue weighted by molar-refractivity contribution is -0.135. The molecule has 0 bridgehead atoms. The number of para-hydroxylation sites is 1. The van der Waals surface area contributed by atoms with Gasteiger partial charge in [-0.1, -0.05) is 18.2 Å². The van der Waals surface area contributed by atoms with E-state index in [4.69, 9.17) is 4.74 Å². The Morgan fingerprint density at radius 1 is 1.30 bits per heavy atom. The van der Waals surface area contributed by atoms with Crippen molar-refractivity contribution in [1.29, 1.82) is 0 Å². The maximum absolute atomic E-state index is 12.4. The van der Waals surface area contributed by atoms with Crippen molar-refractivity contribution < 1.29 is 9.53 Å². The third kappa shape index (κ3) is 2.36. The number of carbonyl (C=O) groups is 1. The number of hydrogen-bond acceptors (Lipinski definition) is 2. The average Bonchev–Trinajstić information content (AvgIpc) is 2.74. The molecule has 0 spiro atoms. The second-order valence-electron chi connectivity index (χ2n) is 5.00. The van der Waals surface area contributed by atoms with E-state index in [0.717, 1.165) is 21.1 Å². The molecule has 2 aromatic rings. The lowest BCUT2D eigenvalue weighted by Gasteiger charge is -2.27. The summed E-state index contributed by atoms with van der Waals surface area (Å²) >= 11 is 3.62. The van der Waals surface area contributed by atoms with Crippen molar-refractivity contribution in [3.63, 3.8) is 0 Å². The SMILES string of the molecule is Cc1c(Br)c2ccccc2n1CC(=O)N1CCOCC1. The van der Waals surface area contributed by atoms with Gasteiger partial charge in [0.1, 0.15) is 6.54 Å². The second-order valence-corrected chi connectivity index (χ2v) is 5.79. The normalized spacial score (nSPS) is 15.8. The van der Waals surface area contributed by atoms with E-state index in [9.17, 15) is 4.79 Å². The van der Waals surface area contributed by atoms with E-state index in [1.807, 2.05) is 24.0 Å². The minimum absolute atomic E-state index is 0.157. The van der Waals surface area contributed by atoms with Gasteiger partial charge in [0.25, 0.3) is 0 Å². The van der Waals surface area contributed by atoms with Gasteiger partial charge in [0.05, 0.1) is 13.2 Å². The number of hydrogen-bond donors (Lipinski definition) is 0. The van der Waals surface area contributed by atoms with Gasteiger partial charge in [0.15, 0.2) is 0 Å². The molecule has 0 aliphatic carbocycles. The van der Waals surface area contributed by atoms with Gasteiger partial charge in [0, 0.05) is 34.2 Å². The largest absolute Gasteiger partial charge is 0.378 e. The molecular formula is C15H17BrN2O2. The number of amides is 1. The van der Waals surface area contributed by atoms with Crippen LogP contribution in [0.15, 0.2) is 28.7 Å². The Morgan fingerprint density at radius 2 is 2.00 bits per heavy atom. The lowest BCUT2D eigenvalue weighted by atomic mass is 10.2. The van der Waals surface area contributed by atoms with E-state index in [1.54, 1.807) is 0 Å². The molecule has 0 unspecified atom stereocenters. The quantitative estimate of drug-likeness (QED) is 0.844. The molecule has 1 aliphatic heterocycles. The number of fused-ring (bicyclic) bond motifs is 1. The van der Waals surface area contributed by atoms with Gasteiger partial charge >= 0.3 is 0 Å². The van der Waals surface area contributed by atoms with Crippen molar-refractivity contribution in [2.75, 3.05) is 26.3 Å². The Labute approximate surface area is 126 Å². The minimum atomic E-state index is 0.157. The summed E-state index contributed by atoms with van der Waals surface area (Å²) in [6.07, 6.45) is 0. The fourth-order valence-corrected chi connectivity index (χ4v) is 3.19. The monoisotopic (exact) mass is 336 g/mol. The second kappa shape index (κ2) is 5.58. The van der Waals surface area contributed by atoms with Gasteiger partial charge in [-0.25, -0.2) is 0 Å². The number of aromatic nitrogens is 1. The summed E-state index contributed by atoms with van der Waals surface area (Å²) in [4.78, 5) is 14.3. The molecule has 1 aromatic carbocycles. The molecule has 4 nitrogen and oxygen atoms in total. The molecule has 0 N–H and O–H groups in total. The number of ether oxygens (including phenoxy) is 1.